The number of ketones is 1. The van der Waals surface area contributed by atoms with Gasteiger partial charge in [0, 0.05) is 23.7 Å². The average Bonchev–Trinajstić information content (AvgIpc) is 2.41. The van der Waals surface area contributed by atoms with Crippen LogP contribution in [0.15, 0.2) is 54.7 Å². The zero-order chi connectivity index (χ0) is 13.0. The number of rotatable bonds is 4. The average molecular weight is 239 g/mol. The van der Waals surface area contributed by atoms with Gasteiger partial charge in [0.15, 0.2) is 0 Å². The summed E-state index contributed by atoms with van der Waals surface area (Å²) in [4.78, 5) is 16.6. The Morgan fingerprint density at radius 2 is 1.72 bits per heavy atom. The summed E-state index contributed by atoms with van der Waals surface area (Å²) in [6.45, 7) is 3.93. The molecule has 1 aromatic heterocycles. The molecule has 0 aliphatic heterocycles. The summed E-state index contributed by atoms with van der Waals surface area (Å²) in [5.41, 5.74) is 1.40. The molecule has 0 aliphatic carbocycles. The van der Waals surface area contributed by atoms with E-state index in [0.717, 1.165) is 11.3 Å². The van der Waals surface area contributed by atoms with E-state index >= 15 is 0 Å². The van der Waals surface area contributed by atoms with Crippen LogP contribution in [0.25, 0.3) is 0 Å². The molecule has 2 rings (SSSR count). The van der Waals surface area contributed by atoms with Crippen molar-refractivity contribution in [2.75, 3.05) is 0 Å². The Morgan fingerprint density at radius 1 is 1.06 bits per heavy atom. The first-order valence-electron chi connectivity index (χ1n) is 6.09. The van der Waals surface area contributed by atoms with E-state index in [-0.39, 0.29) is 5.78 Å². The Kier molecular flexibility index (Phi) is 3.56. The molecule has 0 saturated heterocycles. The van der Waals surface area contributed by atoms with Gasteiger partial charge in [0.2, 0.25) is 0 Å². The van der Waals surface area contributed by atoms with Crippen molar-refractivity contribution in [1.29, 1.82) is 0 Å². The van der Waals surface area contributed by atoms with E-state index in [0.29, 0.717) is 6.42 Å². The van der Waals surface area contributed by atoms with Gasteiger partial charge in [-0.1, -0.05) is 36.4 Å². The fraction of sp³-hybridized carbons (Fsp3) is 0.250. The van der Waals surface area contributed by atoms with E-state index in [1.807, 2.05) is 62.4 Å². The Morgan fingerprint density at radius 3 is 2.33 bits per heavy atom. The van der Waals surface area contributed by atoms with Gasteiger partial charge in [-0.25, -0.2) is 0 Å². The molecule has 1 heterocycles. The molecule has 2 heteroatoms. The van der Waals surface area contributed by atoms with Gasteiger partial charge >= 0.3 is 0 Å². The van der Waals surface area contributed by atoms with Crippen LogP contribution in [0.3, 0.4) is 0 Å². The third kappa shape index (κ3) is 2.65. The fourth-order valence-electron chi connectivity index (χ4n) is 1.90. The molecule has 0 amide bonds. The molecule has 0 bridgehead atoms. The van der Waals surface area contributed by atoms with E-state index in [9.17, 15) is 4.79 Å². The van der Waals surface area contributed by atoms with Crippen LogP contribution in [0.1, 0.15) is 25.1 Å². The number of aromatic nitrogens is 1. The first-order valence-corrected chi connectivity index (χ1v) is 6.09. The summed E-state index contributed by atoms with van der Waals surface area (Å²) in [6.07, 6.45) is 2.10. The zero-order valence-electron chi connectivity index (χ0n) is 10.8. The molecule has 0 atom stereocenters. The van der Waals surface area contributed by atoms with Gasteiger partial charge in [0.1, 0.15) is 5.78 Å². The molecule has 0 N–H and O–H groups in total. The quantitative estimate of drug-likeness (QED) is 0.820. The van der Waals surface area contributed by atoms with Crippen LogP contribution in [0.4, 0.5) is 0 Å². The largest absolute Gasteiger partial charge is 0.298 e. The van der Waals surface area contributed by atoms with Crippen LogP contribution in [0.5, 0.6) is 0 Å². The van der Waals surface area contributed by atoms with Crippen molar-refractivity contribution < 1.29 is 4.79 Å². The van der Waals surface area contributed by atoms with Crippen molar-refractivity contribution in [3.63, 3.8) is 0 Å². The Labute approximate surface area is 108 Å². The summed E-state index contributed by atoms with van der Waals surface area (Å²) in [7, 11) is 0. The topological polar surface area (TPSA) is 30.0 Å². The van der Waals surface area contributed by atoms with Crippen LogP contribution < -0.4 is 0 Å². The highest BCUT2D eigenvalue weighted by molar-refractivity contribution is 5.90. The van der Waals surface area contributed by atoms with Crippen LogP contribution in [-0.4, -0.2) is 10.8 Å². The highest BCUT2D eigenvalue weighted by atomic mass is 16.1. The van der Waals surface area contributed by atoms with Crippen molar-refractivity contribution in [3.05, 3.63) is 66.0 Å². The Balaban J connectivity index is 2.18. The van der Waals surface area contributed by atoms with Crippen LogP contribution in [-0.2, 0) is 16.6 Å². The summed E-state index contributed by atoms with van der Waals surface area (Å²) >= 11 is 0. The molecule has 92 valence electrons. The first kappa shape index (κ1) is 12.5. The number of hydrogen-bond acceptors (Lipinski definition) is 2. The molecule has 0 radical (unpaired) electrons. The zero-order valence-corrected chi connectivity index (χ0v) is 10.8. The Hall–Kier alpha value is -1.96. The molecule has 0 unspecified atom stereocenters. The van der Waals surface area contributed by atoms with E-state index in [2.05, 4.69) is 4.98 Å². The predicted molar refractivity (Wildman–Crippen MR) is 72.4 cm³/mol. The van der Waals surface area contributed by atoms with Crippen molar-refractivity contribution in [2.24, 2.45) is 0 Å². The summed E-state index contributed by atoms with van der Waals surface area (Å²) in [5, 5.41) is 0. The van der Waals surface area contributed by atoms with Gasteiger partial charge < -0.3 is 0 Å². The lowest BCUT2D eigenvalue weighted by Crippen LogP contribution is -2.30. The smallest absolute Gasteiger partial charge is 0.148 e. The maximum absolute atomic E-state index is 12.4. The number of carbonyl (C=O) groups is 1. The van der Waals surface area contributed by atoms with Crippen LogP contribution in [0, 0.1) is 0 Å². The molecule has 2 aromatic rings. The van der Waals surface area contributed by atoms with Gasteiger partial charge in [-0.05, 0) is 31.5 Å². The SMILES string of the molecule is CC(C)(C(=O)Cc1ccccn1)c1ccccc1. The van der Waals surface area contributed by atoms with Crippen molar-refractivity contribution >= 4 is 5.78 Å². The van der Waals surface area contributed by atoms with E-state index < -0.39 is 5.41 Å². The lowest BCUT2D eigenvalue weighted by atomic mass is 9.79. The van der Waals surface area contributed by atoms with Crippen LogP contribution >= 0.6 is 0 Å². The first-order chi connectivity index (χ1) is 8.60. The third-order valence-corrected chi connectivity index (χ3v) is 3.26. The second kappa shape index (κ2) is 5.13. The number of nitrogens with zero attached hydrogens (tertiary/aromatic N) is 1. The maximum Gasteiger partial charge on any atom is 0.148 e. The molecule has 0 fully saturated rings. The maximum atomic E-state index is 12.4. The van der Waals surface area contributed by atoms with Gasteiger partial charge in [-0.3, -0.25) is 9.78 Å². The number of hydrogen-bond donors (Lipinski definition) is 0. The standard InChI is InChI=1S/C16H17NO/c1-16(2,13-8-4-3-5-9-13)15(18)12-14-10-6-7-11-17-14/h3-11H,12H2,1-2H3. The summed E-state index contributed by atoms with van der Waals surface area (Å²) in [6, 6.07) is 15.5. The molecule has 1 aromatic carbocycles. The monoisotopic (exact) mass is 239 g/mol. The van der Waals surface area contributed by atoms with Gasteiger partial charge in [-0.2, -0.15) is 0 Å². The number of Topliss-reactive ketones (excluding diaryl/α,β-unsaturated/α-hetero) is 1. The van der Waals surface area contributed by atoms with Crippen molar-refractivity contribution in [1.82, 2.24) is 4.98 Å². The van der Waals surface area contributed by atoms with Crippen LogP contribution in [0.2, 0.25) is 0 Å². The molecule has 0 saturated carbocycles. The summed E-state index contributed by atoms with van der Waals surface area (Å²) in [5.74, 6) is 0.187. The normalized spacial score (nSPS) is 11.2. The molecule has 0 aliphatic rings. The molecule has 2 nitrogen and oxygen atoms in total. The molecular formula is C16H17NO. The second-order valence-corrected chi connectivity index (χ2v) is 4.91. The minimum absolute atomic E-state index is 0.187. The van der Waals surface area contributed by atoms with Crippen molar-refractivity contribution in [2.45, 2.75) is 25.7 Å². The predicted octanol–water partition coefficient (Wildman–Crippen LogP) is 3.17. The minimum atomic E-state index is -0.473. The van der Waals surface area contributed by atoms with Gasteiger partial charge in [0.25, 0.3) is 0 Å². The fourth-order valence-corrected chi connectivity index (χ4v) is 1.90. The minimum Gasteiger partial charge on any atom is -0.298 e. The van der Waals surface area contributed by atoms with Crippen molar-refractivity contribution in [3.8, 4) is 0 Å². The van der Waals surface area contributed by atoms with Gasteiger partial charge in [0.05, 0.1) is 0 Å². The van der Waals surface area contributed by atoms with E-state index in [1.165, 1.54) is 0 Å². The molecule has 18 heavy (non-hydrogen) atoms. The highest BCUT2D eigenvalue weighted by Gasteiger charge is 2.29. The van der Waals surface area contributed by atoms with Gasteiger partial charge in [-0.15, -0.1) is 0 Å². The number of pyridine rings is 1. The highest BCUT2D eigenvalue weighted by Crippen LogP contribution is 2.25. The molecule has 0 spiro atoms. The Bertz CT molecular complexity index is 517. The third-order valence-electron chi connectivity index (χ3n) is 3.26. The molecular weight excluding hydrogens is 222 g/mol. The number of benzene rings is 1. The van der Waals surface area contributed by atoms with E-state index in [4.69, 9.17) is 0 Å². The lowest BCUT2D eigenvalue weighted by molar-refractivity contribution is -0.122. The number of carbonyl (C=O) groups excluding carboxylic acids is 1. The second-order valence-electron chi connectivity index (χ2n) is 4.91. The lowest BCUT2D eigenvalue weighted by Gasteiger charge is -2.23. The summed E-state index contributed by atoms with van der Waals surface area (Å²) < 4.78 is 0. The van der Waals surface area contributed by atoms with E-state index in [1.54, 1.807) is 6.20 Å².